The van der Waals surface area contributed by atoms with Gasteiger partial charge in [0.2, 0.25) is 5.91 Å². The van der Waals surface area contributed by atoms with E-state index in [1.54, 1.807) is 6.92 Å². The number of rotatable bonds is 3. The Morgan fingerprint density at radius 1 is 1.09 bits per heavy atom. The summed E-state index contributed by atoms with van der Waals surface area (Å²) in [6.07, 6.45) is 0.841. The first-order valence-corrected chi connectivity index (χ1v) is 8.03. The van der Waals surface area contributed by atoms with Gasteiger partial charge in [0.15, 0.2) is 0 Å². The van der Waals surface area contributed by atoms with Crippen LogP contribution in [0.3, 0.4) is 0 Å². The van der Waals surface area contributed by atoms with Crippen molar-refractivity contribution in [2.75, 3.05) is 10.3 Å². The van der Waals surface area contributed by atoms with Crippen LogP contribution in [0.15, 0.2) is 54.6 Å². The molecule has 1 amide bonds. The number of nitrogens with zero attached hydrogens (tertiary/aromatic N) is 2. The zero-order chi connectivity index (χ0) is 16.4. The Balaban J connectivity index is 1.86. The molecule has 1 N–H and O–H groups in total. The number of hydrogen-bond donors (Lipinski definition) is 1. The second-order valence-electron chi connectivity index (χ2n) is 6.15. The molecule has 0 saturated carbocycles. The number of hydrogen-bond acceptors (Lipinski definition) is 3. The Labute approximate surface area is 137 Å². The molecular formula is C19H23N3O. The standard InChI is InChI=1S/C19H23N3O/c1-14-9-11-17(12-10-14)20-19-13-15(2)21(22(19)16(3)23)18-7-5-4-6-8-18/h4-12,15,19-20H,13H2,1-3H3/t15-,19+/m0/s1. The van der Waals surface area contributed by atoms with Gasteiger partial charge in [-0.05, 0) is 38.1 Å². The minimum atomic E-state index is -0.0367. The summed E-state index contributed by atoms with van der Waals surface area (Å²) in [4.78, 5) is 12.3. The van der Waals surface area contributed by atoms with Crippen LogP contribution in [-0.2, 0) is 4.79 Å². The van der Waals surface area contributed by atoms with Crippen LogP contribution in [0.25, 0.3) is 0 Å². The van der Waals surface area contributed by atoms with Crippen molar-refractivity contribution in [3.63, 3.8) is 0 Å². The summed E-state index contributed by atoms with van der Waals surface area (Å²) in [6, 6.07) is 18.6. The van der Waals surface area contributed by atoms with E-state index in [2.05, 4.69) is 48.4 Å². The number of nitrogens with one attached hydrogen (secondary N) is 1. The Kier molecular flexibility index (Phi) is 4.24. The summed E-state index contributed by atoms with van der Waals surface area (Å²) in [5.41, 5.74) is 3.31. The summed E-state index contributed by atoms with van der Waals surface area (Å²) in [5.74, 6) is 0.0443. The van der Waals surface area contributed by atoms with E-state index in [-0.39, 0.29) is 18.1 Å². The number of amides is 1. The monoisotopic (exact) mass is 309 g/mol. The Hall–Kier alpha value is -2.49. The molecular weight excluding hydrogens is 286 g/mol. The molecule has 1 fully saturated rings. The third kappa shape index (κ3) is 3.16. The molecule has 0 aromatic heterocycles. The number of para-hydroxylation sites is 1. The fourth-order valence-corrected chi connectivity index (χ4v) is 3.18. The van der Waals surface area contributed by atoms with Gasteiger partial charge in [0.25, 0.3) is 0 Å². The first kappa shape index (κ1) is 15.4. The van der Waals surface area contributed by atoms with E-state index < -0.39 is 0 Å². The fraction of sp³-hybridized carbons (Fsp3) is 0.316. The molecule has 0 unspecified atom stereocenters. The second-order valence-corrected chi connectivity index (χ2v) is 6.15. The number of aryl methyl sites for hydroxylation is 1. The molecule has 4 heteroatoms. The molecule has 4 nitrogen and oxygen atoms in total. The van der Waals surface area contributed by atoms with Gasteiger partial charge in [-0.1, -0.05) is 35.9 Å². The highest BCUT2D eigenvalue weighted by Gasteiger charge is 2.38. The number of anilines is 2. The number of hydrazine groups is 1. The van der Waals surface area contributed by atoms with Crippen molar-refractivity contribution in [3.8, 4) is 0 Å². The van der Waals surface area contributed by atoms with Gasteiger partial charge in [-0.15, -0.1) is 0 Å². The quantitative estimate of drug-likeness (QED) is 0.937. The highest BCUT2D eigenvalue weighted by atomic mass is 16.2. The molecule has 0 bridgehead atoms. The highest BCUT2D eigenvalue weighted by Crippen LogP contribution is 2.31. The van der Waals surface area contributed by atoms with Gasteiger partial charge < -0.3 is 5.32 Å². The Morgan fingerprint density at radius 2 is 1.74 bits per heavy atom. The largest absolute Gasteiger partial charge is 0.364 e. The predicted molar refractivity (Wildman–Crippen MR) is 94.1 cm³/mol. The SMILES string of the molecule is CC(=O)N1[C@@H](Nc2ccc(C)cc2)C[C@H](C)N1c1ccccc1. The van der Waals surface area contributed by atoms with Crippen LogP contribution in [0.1, 0.15) is 25.8 Å². The molecule has 1 heterocycles. The van der Waals surface area contributed by atoms with Crippen LogP contribution in [0.2, 0.25) is 0 Å². The van der Waals surface area contributed by atoms with E-state index >= 15 is 0 Å². The van der Waals surface area contributed by atoms with Gasteiger partial charge in [0.05, 0.1) is 11.7 Å². The summed E-state index contributed by atoms with van der Waals surface area (Å²) >= 11 is 0. The Morgan fingerprint density at radius 3 is 2.35 bits per heavy atom. The lowest BCUT2D eigenvalue weighted by molar-refractivity contribution is -0.129. The molecule has 2 atom stereocenters. The van der Waals surface area contributed by atoms with Crippen molar-refractivity contribution in [1.29, 1.82) is 0 Å². The maximum Gasteiger partial charge on any atom is 0.239 e. The van der Waals surface area contributed by atoms with Crippen LogP contribution < -0.4 is 10.3 Å². The molecule has 0 radical (unpaired) electrons. The fourth-order valence-electron chi connectivity index (χ4n) is 3.18. The van der Waals surface area contributed by atoms with E-state index in [0.29, 0.717) is 0 Å². The average molecular weight is 309 g/mol. The average Bonchev–Trinajstić information content (AvgIpc) is 2.87. The van der Waals surface area contributed by atoms with Crippen molar-refractivity contribution in [1.82, 2.24) is 5.01 Å². The molecule has 1 aliphatic rings. The predicted octanol–water partition coefficient (Wildman–Crippen LogP) is 3.80. The summed E-state index contributed by atoms with van der Waals surface area (Å²) in [6.45, 7) is 5.85. The number of benzene rings is 2. The van der Waals surface area contributed by atoms with Crippen LogP contribution in [0.5, 0.6) is 0 Å². The third-order valence-electron chi connectivity index (χ3n) is 4.24. The van der Waals surface area contributed by atoms with Gasteiger partial charge in [0, 0.05) is 19.0 Å². The van der Waals surface area contributed by atoms with Crippen LogP contribution in [-0.4, -0.2) is 23.1 Å². The van der Waals surface area contributed by atoms with Crippen LogP contribution >= 0.6 is 0 Å². The molecule has 1 saturated heterocycles. The molecule has 2 aromatic carbocycles. The van der Waals surface area contributed by atoms with Crippen LogP contribution in [0, 0.1) is 6.92 Å². The number of carbonyl (C=O) groups is 1. The lowest BCUT2D eigenvalue weighted by Crippen LogP contribution is -2.48. The highest BCUT2D eigenvalue weighted by molar-refractivity contribution is 5.77. The minimum Gasteiger partial charge on any atom is -0.364 e. The summed E-state index contributed by atoms with van der Waals surface area (Å²) < 4.78 is 0. The normalized spacial score (nSPS) is 20.7. The number of carbonyl (C=O) groups excluding carboxylic acids is 1. The Bertz CT molecular complexity index is 669. The smallest absolute Gasteiger partial charge is 0.239 e. The van der Waals surface area contributed by atoms with E-state index in [1.165, 1.54) is 5.56 Å². The van der Waals surface area contributed by atoms with Crippen molar-refractivity contribution < 1.29 is 4.79 Å². The summed E-state index contributed by atoms with van der Waals surface area (Å²) in [5, 5.41) is 7.42. The zero-order valence-corrected chi connectivity index (χ0v) is 13.9. The molecule has 0 aliphatic carbocycles. The molecule has 3 rings (SSSR count). The van der Waals surface area contributed by atoms with Gasteiger partial charge in [-0.25, -0.2) is 5.01 Å². The van der Waals surface area contributed by atoms with Crippen molar-refractivity contribution in [3.05, 3.63) is 60.2 Å². The van der Waals surface area contributed by atoms with Crippen molar-refractivity contribution in [2.24, 2.45) is 0 Å². The van der Waals surface area contributed by atoms with Gasteiger partial charge in [-0.3, -0.25) is 9.80 Å². The van der Waals surface area contributed by atoms with Gasteiger partial charge >= 0.3 is 0 Å². The first-order valence-electron chi connectivity index (χ1n) is 8.03. The molecule has 23 heavy (non-hydrogen) atoms. The van der Waals surface area contributed by atoms with Crippen molar-refractivity contribution in [2.45, 2.75) is 39.4 Å². The van der Waals surface area contributed by atoms with E-state index in [9.17, 15) is 4.79 Å². The molecule has 1 aliphatic heterocycles. The van der Waals surface area contributed by atoms with Crippen LogP contribution in [0.4, 0.5) is 11.4 Å². The minimum absolute atomic E-state index is 0.0367. The molecule has 2 aromatic rings. The van der Waals surface area contributed by atoms with Gasteiger partial charge in [0.1, 0.15) is 6.17 Å². The van der Waals surface area contributed by atoms with Gasteiger partial charge in [-0.2, -0.15) is 0 Å². The summed E-state index contributed by atoms with van der Waals surface area (Å²) in [7, 11) is 0. The molecule has 0 spiro atoms. The van der Waals surface area contributed by atoms with E-state index in [4.69, 9.17) is 0 Å². The van der Waals surface area contributed by atoms with E-state index in [1.807, 2.05) is 35.3 Å². The first-order chi connectivity index (χ1) is 11.1. The maximum atomic E-state index is 12.3. The molecule has 120 valence electrons. The third-order valence-corrected chi connectivity index (χ3v) is 4.24. The lowest BCUT2D eigenvalue weighted by atomic mass is 10.2. The maximum absolute atomic E-state index is 12.3. The topological polar surface area (TPSA) is 35.6 Å². The van der Waals surface area contributed by atoms with E-state index in [0.717, 1.165) is 17.8 Å². The van der Waals surface area contributed by atoms with Crippen molar-refractivity contribution >= 4 is 17.3 Å². The second kappa shape index (κ2) is 6.32. The zero-order valence-electron chi connectivity index (χ0n) is 13.9. The lowest BCUT2D eigenvalue weighted by Gasteiger charge is -2.35.